The maximum absolute atomic E-state index is 12.0. The van der Waals surface area contributed by atoms with E-state index in [1.165, 1.54) is 11.0 Å². The molecule has 1 unspecified atom stereocenters. The van der Waals surface area contributed by atoms with Gasteiger partial charge in [-0.25, -0.2) is 4.68 Å². The van der Waals surface area contributed by atoms with Crippen LogP contribution in [0.3, 0.4) is 0 Å². The van der Waals surface area contributed by atoms with Crippen LogP contribution in [-0.4, -0.2) is 43.9 Å². The maximum atomic E-state index is 12.0. The third-order valence-corrected chi connectivity index (χ3v) is 3.36. The molecule has 8 heteroatoms. The van der Waals surface area contributed by atoms with E-state index in [1.807, 2.05) is 6.92 Å². The van der Waals surface area contributed by atoms with Gasteiger partial charge in [-0.3, -0.25) is 4.79 Å². The van der Waals surface area contributed by atoms with Crippen molar-refractivity contribution in [1.82, 2.24) is 25.5 Å². The third-order valence-electron chi connectivity index (χ3n) is 3.05. The van der Waals surface area contributed by atoms with Gasteiger partial charge in [0.25, 0.3) is 5.91 Å². The van der Waals surface area contributed by atoms with E-state index in [1.54, 1.807) is 18.2 Å². The van der Waals surface area contributed by atoms with E-state index in [2.05, 4.69) is 20.8 Å². The second kappa shape index (κ2) is 7.14. The molecule has 0 aliphatic heterocycles. The van der Waals surface area contributed by atoms with Crippen LogP contribution < -0.4 is 5.32 Å². The molecule has 1 atom stereocenters. The first-order valence-electron chi connectivity index (χ1n) is 6.61. The summed E-state index contributed by atoms with van der Waals surface area (Å²) in [4.78, 5) is 12.0. The Kier molecular flexibility index (Phi) is 5.24. The van der Waals surface area contributed by atoms with Gasteiger partial charge in [-0.05, 0) is 41.5 Å². The molecule has 1 amide bonds. The van der Waals surface area contributed by atoms with Gasteiger partial charge in [-0.1, -0.05) is 18.5 Å². The Morgan fingerprint density at radius 1 is 1.52 bits per heavy atom. The summed E-state index contributed by atoms with van der Waals surface area (Å²) in [5, 5.41) is 23.3. The van der Waals surface area contributed by atoms with Crippen molar-refractivity contribution in [3.63, 3.8) is 0 Å². The van der Waals surface area contributed by atoms with E-state index in [-0.39, 0.29) is 5.91 Å². The summed E-state index contributed by atoms with van der Waals surface area (Å²) >= 11 is 6.12. The Hall–Kier alpha value is -1.99. The molecule has 21 heavy (non-hydrogen) atoms. The fourth-order valence-electron chi connectivity index (χ4n) is 1.76. The number of hydrogen-bond acceptors (Lipinski definition) is 5. The van der Waals surface area contributed by atoms with Crippen LogP contribution in [0.1, 0.15) is 30.1 Å². The lowest BCUT2D eigenvalue weighted by Crippen LogP contribution is -2.27. The van der Waals surface area contributed by atoms with Gasteiger partial charge in [-0.2, -0.15) is 0 Å². The number of hydrogen-bond donors (Lipinski definition) is 2. The minimum Gasteiger partial charge on any atom is -0.393 e. The molecule has 7 nitrogen and oxygen atoms in total. The summed E-state index contributed by atoms with van der Waals surface area (Å²) < 4.78 is 1.45. The average molecular weight is 310 g/mol. The Morgan fingerprint density at radius 3 is 2.95 bits per heavy atom. The molecule has 0 saturated carbocycles. The Bertz CT molecular complexity index is 603. The molecular weight excluding hydrogens is 294 g/mol. The van der Waals surface area contributed by atoms with Crippen LogP contribution >= 0.6 is 11.6 Å². The van der Waals surface area contributed by atoms with Crippen molar-refractivity contribution in [3.8, 4) is 5.69 Å². The van der Waals surface area contributed by atoms with E-state index < -0.39 is 6.10 Å². The zero-order valence-electron chi connectivity index (χ0n) is 11.5. The van der Waals surface area contributed by atoms with Crippen molar-refractivity contribution in [3.05, 3.63) is 35.1 Å². The SMILES string of the molecule is CCC(O)CCNC(=O)c1ccc(-n2cnnn2)cc1Cl. The van der Waals surface area contributed by atoms with E-state index >= 15 is 0 Å². The summed E-state index contributed by atoms with van der Waals surface area (Å²) in [6, 6.07) is 4.94. The smallest absolute Gasteiger partial charge is 0.252 e. The normalized spacial score (nSPS) is 12.1. The molecule has 1 aromatic heterocycles. The molecule has 0 saturated heterocycles. The molecule has 0 radical (unpaired) electrons. The Balaban J connectivity index is 2.02. The molecule has 0 aliphatic rings. The fraction of sp³-hybridized carbons (Fsp3) is 0.385. The lowest BCUT2D eigenvalue weighted by atomic mass is 10.1. The Morgan fingerprint density at radius 2 is 2.33 bits per heavy atom. The number of rotatable bonds is 6. The first-order chi connectivity index (χ1) is 10.1. The van der Waals surface area contributed by atoms with Gasteiger partial charge < -0.3 is 10.4 Å². The van der Waals surface area contributed by atoms with Crippen molar-refractivity contribution in [2.75, 3.05) is 6.54 Å². The molecule has 0 bridgehead atoms. The largest absolute Gasteiger partial charge is 0.393 e. The molecule has 1 heterocycles. The third kappa shape index (κ3) is 3.99. The lowest BCUT2D eigenvalue weighted by molar-refractivity contribution is 0.0942. The monoisotopic (exact) mass is 309 g/mol. The molecule has 2 aromatic rings. The highest BCUT2D eigenvalue weighted by atomic mass is 35.5. The highest BCUT2D eigenvalue weighted by Gasteiger charge is 2.12. The zero-order chi connectivity index (χ0) is 15.2. The number of nitrogens with zero attached hydrogens (tertiary/aromatic N) is 4. The molecule has 0 spiro atoms. The number of nitrogens with one attached hydrogen (secondary N) is 1. The van der Waals surface area contributed by atoms with E-state index in [4.69, 9.17) is 11.6 Å². The van der Waals surface area contributed by atoms with Crippen molar-refractivity contribution < 1.29 is 9.90 Å². The number of amides is 1. The van der Waals surface area contributed by atoms with Crippen LogP contribution in [0.25, 0.3) is 5.69 Å². The topological polar surface area (TPSA) is 92.9 Å². The quantitative estimate of drug-likeness (QED) is 0.836. The summed E-state index contributed by atoms with van der Waals surface area (Å²) in [7, 11) is 0. The van der Waals surface area contributed by atoms with Crippen LogP contribution in [0.2, 0.25) is 5.02 Å². The van der Waals surface area contributed by atoms with Gasteiger partial charge in [0.1, 0.15) is 6.33 Å². The maximum Gasteiger partial charge on any atom is 0.252 e. The Labute approximate surface area is 126 Å². The average Bonchev–Trinajstić information content (AvgIpc) is 3.00. The fourth-order valence-corrected chi connectivity index (χ4v) is 2.02. The van der Waals surface area contributed by atoms with Gasteiger partial charge in [0.05, 0.1) is 22.4 Å². The van der Waals surface area contributed by atoms with Gasteiger partial charge in [-0.15, -0.1) is 5.10 Å². The van der Waals surface area contributed by atoms with Gasteiger partial charge in [0, 0.05) is 6.54 Å². The number of halogens is 1. The van der Waals surface area contributed by atoms with Crippen molar-refractivity contribution in [2.45, 2.75) is 25.9 Å². The number of aromatic nitrogens is 4. The highest BCUT2D eigenvalue weighted by molar-refractivity contribution is 6.34. The molecule has 0 fully saturated rings. The predicted octanol–water partition coefficient (Wildman–Crippen LogP) is 1.21. The number of carbonyl (C=O) groups excluding carboxylic acids is 1. The zero-order valence-corrected chi connectivity index (χ0v) is 12.3. The highest BCUT2D eigenvalue weighted by Crippen LogP contribution is 2.19. The van der Waals surface area contributed by atoms with Gasteiger partial charge in [0.2, 0.25) is 0 Å². The van der Waals surface area contributed by atoms with Gasteiger partial charge in [0.15, 0.2) is 0 Å². The van der Waals surface area contributed by atoms with Crippen LogP contribution in [-0.2, 0) is 0 Å². The van der Waals surface area contributed by atoms with E-state index in [9.17, 15) is 9.90 Å². The van der Waals surface area contributed by atoms with E-state index in [0.717, 1.165) is 0 Å². The molecule has 2 N–H and O–H groups in total. The summed E-state index contributed by atoms with van der Waals surface area (Å²) in [6.45, 7) is 2.29. The predicted molar refractivity (Wildman–Crippen MR) is 77.4 cm³/mol. The molecule has 112 valence electrons. The summed E-state index contributed by atoms with van der Waals surface area (Å²) in [6.07, 6.45) is 2.22. The number of tetrazole rings is 1. The van der Waals surface area contributed by atoms with E-state index in [0.29, 0.717) is 35.7 Å². The lowest BCUT2D eigenvalue weighted by Gasteiger charge is -2.10. The van der Waals surface area contributed by atoms with Crippen molar-refractivity contribution in [2.24, 2.45) is 0 Å². The standard InChI is InChI=1S/C13H16ClN5O2/c1-2-10(20)5-6-15-13(21)11-4-3-9(7-12(11)14)19-8-16-17-18-19/h3-4,7-8,10,20H,2,5-6H2,1H3,(H,15,21). The number of aliphatic hydroxyl groups is 1. The minimum atomic E-state index is -0.400. The van der Waals surface area contributed by atoms with Crippen LogP contribution in [0.5, 0.6) is 0 Å². The second-order valence-corrected chi connectivity index (χ2v) is 4.93. The first kappa shape index (κ1) is 15.4. The van der Waals surface area contributed by atoms with Crippen LogP contribution in [0.15, 0.2) is 24.5 Å². The molecule has 2 rings (SSSR count). The summed E-state index contributed by atoms with van der Waals surface area (Å²) in [5.74, 6) is -0.272. The van der Waals surface area contributed by atoms with Gasteiger partial charge >= 0.3 is 0 Å². The summed E-state index contributed by atoms with van der Waals surface area (Å²) in [5.41, 5.74) is 1.04. The minimum absolute atomic E-state index is 0.272. The second-order valence-electron chi connectivity index (χ2n) is 4.53. The molecule has 1 aromatic carbocycles. The van der Waals surface area contributed by atoms with Crippen LogP contribution in [0, 0.1) is 0 Å². The molecule has 0 aliphatic carbocycles. The first-order valence-corrected chi connectivity index (χ1v) is 6.98. The number of carbonyl (C=O) groups is 1. The number of aliphatic hydroxyl groups excluding tert-OH is 1. The van der Waals surface area contributed by atoms with Crippen LogP contribution in [0.4, 0.5) is 0 Å². The molecular formula is C13H16ClN5O2. The van der Waals surface area contributed by atoms with Crippen molar-refractivity contribution in [1.29, 1.82) is 0 Å². The number of benzene rings is 1. The van der Waals surface area contributed by atoms with Crippen molar-refractivity contribution >= 4 is 17.5 Å².